The number of hydrogen-bond donors (Lipinski definition) is 0. The summed E-state index contributed by atoms with van der Waals surface area (Å²) >= 11 is 0. The van der Waals surface area contributed by atoms with Crippen LogP contribution in [0, 0.1) is 0 Å². The Bertz CT molecular complexity index is 6960. The van der Waals surface area contributed by atoms with Crippen molar-refractivity contribution in [2.75, 3.05) is 7.11 Å². The van der Waals surface area contributed by atoms with Crippen LogP contribution < -0.4 is 0 Å². The molecule has 2 bridgehead atoms. The Morgan fingerprint density at radius 3 is 0.635 bits per heavy atom. The summed E-state index contributed by atoms with van der Waals surface area (Å²) in [7, 11) is 1.58. The van der Waals surface area contributed by atoms with Crippen molar-refractivity contribution >= 4 is 318 Å². The van der Waals surface area contributed by atoms with Crippen molar-refractivity contribution in [3.05, 3.63) is 47.0 Å². The highest BCUT2D eigenvalue weighted by Crippen LogP contribution is 2.81. The topological polar surface area (TPSA) is 26.3 Å². The van der Waals surface area contributed by atoms with Gasteiger partial charge in [-0.3, -0.25) is 4.79 Å². The van der Waals surface area contributed by atoms with E-state index in [1.807, 2.05) is 0 Å². The van der Waals surface area contributed by atoms with Gasteiger partial charge in [0.15, 0.2) is 0 Å². The van der Waals surface area contributed by atoms with E-state index in [1.165, 1.54) is 5.56 Å². The molecule has 2 aliphatic rings. The number of ether oxygens (including phenoxy) is 1. The molecule has 0 atom stereocenters. The normalized spacial score (nSPS) is 17.6. The van der Waals surface area contributed by atoms with Crippen LogP contribution >= 0.6 is 0 Å². The summed E-state index contributed by atoms with van der Waals surface area (Å²) in [6, 6.07) is 11.9. The first-order valence-corrected chi connectivity index (χ1v) is 27.4. The van der Waals surface area contributed by atoms with Crippen molar-refractivity contribution in [3.63, 3.8) is 0 Å². The third kappa shape index (κ3) is 1.65. The van der Waals surface area contributed by atoms with Crippen LogP contribution in [0.15, 0.2) is 30.3 Å². The van der Waals surface area contributed by atoms with E-state index >= 15 is 0 Å². The molecule has 0 saturated heterocycles. The molecule has 2 heteroatoms. The first kappa shape index (κ1) is 28.8. The van der Waals surface area contributed by atoms with Gasteiger partial charge >= 0.3 is 5.97 Å². The molecule has 0 radical (unpaired) electrons. The lowest BCUT2D eigenvalue weighted by molar-refractivity contribution is -0.140. The maximum Gasteiger partial charge on any atom is 0.305 e. The highest BCUT2D eigenvalue weighted by molar-refractivity contribution is 6.84. The van der Waals surface area contributed by atoms with E-state index in [1.54, 1.807) is 331 Å². The predicted octanol–water partition coefficient (Wildman–Crippen LogP) is 19.7. The Kier molecular flexibility index (Phi) is 2.67. The first-order chi connectivity index (χ1) is 36.8. The van der Waals surface area contributed by atoms with Gasteiger partial charge in [-0.05, 0) is 342 Å². The van der Waals surface area contributed by atoms with E-state index in [4.69, 9.17) is 4.74 Å². The lowest BCUT2D eigenvalue weighted by Crippen LogP contribution is -2.29. The molecule has 2 nitrogen and oxygen atoms in total. The Morgan fingerprint density at radius 1 is 0.284 bits per heavy atom. The molecule has 0 aromatic heterocycles. The second-order valence-electron chi connectivity index (χ2n) is 26.2. The first-order valence-electron chi connectivity index (χ1n) is 27.4. The van der Waals surface area contributed by atoms with Crippen molar-refractivity contribution in [2.24, 2.45) is 0 Å². The number of esters is 1. The Morgan fingerprint density at radius 2 is 0.459 bits per heavy atom. The lowest BCUT2D eigenvalue weighted by Gasteiger charge is -2.36. The van der Waals surface area contributed by atoms with Crippen molar-refractivity contribution in [3.8, 4) is 0 Å². The standard InChI is InChI=1S/C72H14O2/c1-74-11(73)8-5-9-72(10-6-3-2-4-7-10)70-66-58-50-40-30-22-14-12-13-16-20-18(14)26-34-28(20)38-32-24(16)25-17(13)21-19-15(12)23(22)31-37-27(19)35-29(21)39-33(25)43-42(32)52-46(38)56-48(34)54(44(50)36(26)30)62(66)64(56)68-60(52)61-53(43)47(39)57-49(35)55-45(37)51(41(31)40)59(58)67(70)63(55)65(57)69(61)71(68)72/h2-4,6-7H,5,8-9H2,1H3. The summed E-state index contributed by atoms with van der Waals surface area (Å²) in [5, 5.41) is 93.0. The smallest absolute Gasteiger partial charge is 0.305 e. The second kappa shape index (κ2) is 6.86. The van der Waals surface area contributed by atoms with Crippen molar-refractivity contribution in [2.45, 2.75) is 24.7 Å². The number of rotatable bonds is 5. The van der Waals surface area contributed by atoms with Gasteiger partial charge in [-0.25, -0.2) is 0 Å². The molecule has 74 heavy (non-hydrogen) atoms. The van der Waals surface area contributed by atoms with Gasteiger partial charge in [0.25, 0.3) is 0 Å². The minimum Gasteiger partial charge on any atom is -0.469 e. The number of hydrogen-bond acceptors (Lipinski definition) is 2. The van der Waals surface area contributed by atoms with Crippen LogP contribution in [0.1, 0.15) is 36.0 Å². The van der Waals surface area contributed by atoms with Crippen LogP contribution in [0.25, 0.3) is 312 Å². The molecule has 0 aliphatic heterocycles. The molecule has 0 heterocycles. The van der Waals surface area contributed by atoms with Crippen LogP contribution in [0.2, 0.25) is 0 Å². The Labute approximate surface area is 404 Å². The molecule has 0 spiro atoms. The van der Waals surface area contributed by atoms with Gasteiger partial charge in [-0.15, -0.1) is 0 Å². The zero-order valence-corrected chi connectivity index (χ0v) is 38.3. The molecule has 0 N–H and O–H groups in total. The largest absolute Gasteiger partial charge is 0.469 e. The fourth-order valence-electron chi connectivity index (χ4n) is 25.0. The molecule has 0 amide bonds. The maximum absolute atomic E-state index is 13.6. The second-order valence-corrected chi connectivity index (χ2v) is 26.2. The van der Waals surface area contributed by atoms with Gasteiger partial charge < -0.3 is 4.74 Å². The molecule has 2 aliphatic carbocycles. The summed E-state index contributed by atoms with van der Waals surface area (Å²) in [6.07, 6.45) is 2.00. The van der Waals surface area contributed by atoms with Gasteiger partial charge in [0.1, 0.15) is 0 Å². The zero-order valence-electron chi connectivity index (χ0n) is 38.3. The Hall–Kier alpha value is -9.11. The highest BCUT2D eigenvalue weighted by atomic mass is 16.5. The lowest BCUT2D eigenvalue weighted by atomic mass is 9.65. The number of carbonyl (C=O) groups excluding carboxylic acids is 1. The molecule has 0 saturated carbocycles. The van der Waals surface area contributed by atoms with E-state index in [0.717, 1.165) is 12.8 Å². The van der Waals surface area contributed by atoms with Crippen molar-refractivity contribution in [1.29, 1.82) is 0 Å². The summed E-state index contributed by atoms with van der Waals surface area (Å²) in [4.78, 5) is 13.6. The third-order valence-electron chi connectivity index (χ3n) is 25.5. The van der Waals surface area contributed by atoms with E-state index < -0.39 is 5.41 Å². The van der Waals surface area contributed by atoms with Crippen LogP contribution in [0.4, 0.5) is 0 Å². The number of carbonyl (C=O) groups is 1. The monoisotopic (exact) mass is 910 g/mol. The van der Waals surface area contributed by atoms with Gasteiger partial charge in [0.2, 0.25) is 0 Å². The summed E-state index contributed by atoms with van der Waals surface area (Å²) in [5.41, 5.74) is 4.01. The molecule has 314 valence electrons. The van der Waals surface area contributed by atoms with Gasteiger partial charge in [0, 0.05) is 11.8 Å². The minimum absolute atomic E-state index is 0.103. The van der Waals surface area contributed by atoms with Gasteiger partial charge in [-0.2, -0.15) is 0 Å². The average Bonchev–Trinajstić information content (AvgIpc) is 4.18. The summed E-state index contributed by atoms with van der Waals surface area (Å²) in [5.74, 6) is -0.103. The van der Waals surface area contributed by atoms with E-state index in [2.05, 4.69) is 30.3 Å². The van der Waals surface area contributed by atoms with Crippen LogP contribution in [0.5, 0.6) is 0 Å². The van der Waals surface area contributed by atoms with E-state index in [0.29, 0.717) is 6.42 Å². The SMILES string of the molecule is COC(=O)CCCC1(c2ccccc2)c2c3c4c5c6c1c1c7c8c2c2c3c3c9c4c4c5c5c%10c6c1c1c6c7c7c8c8c2c2c3c3c9c9c4c4c5c5c%10c1c1c6c6c7c7c8c2c2c3c3c9c4c4c5c1c1c6c7c2c3c41. The van der Waals surface area contributed by atoms with Crippen LogP contribution in [-0.4, -0.2) is 13.1 Å². The van der Waals surface area contributed by atoms with Crippen molar-refractivity contribution < 1.29 is 9.53 Å². The number of methoxy groups -OCH3 is 1. The molecule has 31 aromatic carbocycles. The Balaban J connectivity index is 1.16. The third-order valence-corrected chi connectivity index (χ3v) is 25.5. The summed E-state index contributed by atoms with van der Waals surface area (Å²) in [6.45, 7) is 0. The minimum atomic E-state index is -0.542. The van der Waals surface area contributed by atoms with Crippen molar-refractivity contribution in [1.82, 2.24) is 0 Å². The zero-order chi connectivity index (χ0) is 44.7. The molecule has 0 unspecified atom stereocenters. The number of benzene rings is 19. The van der Waals surface area contributed by atoms with E-state index in [9.17, 15) is 4.79 Å². The fourth-order valence-corrected chi connectivity index (χ4v) is 25.0. The van der Waals surface area contributed by atoms with Gasteiger partial charge in [-0.1, -0.05) is 30.3 Å². The molecular weight excluding hydrogens is 897 g/mol. The van der Waals surface area contributed by atoms with Crippen LogP contribution in [0.3, 0.4) is 0 Å². The molecular formula is C72H14O2. The average molecular weight is 911 g/mol. The summed E-state index contributed by atoms with van der Waals surface area (Å²) < 4.78 is 5.54. The van der Waals surface area contributed by atoms with Gasteiger partial charge in [0.05, 0.1) is 7.11 Å². The molecule has 33 rings (SSSR count). The highest BCUT2D eigenvalue weighted by Gasteiger charge is 2.55. The molecule has 0 fully saturated rings. The quantitative estimate of drug-likeness (QED) is 0.127. The fraction of sp³-hybridized carbons (Fsp3) is 0.0694. The maximum atomic E-state index is 13.6. The van der Waals surface area contributed by atoms with E-state index in [-0.39, 0.29) is 5.97 Å². The predicted molar refractivity (Wildman–Crippen MR) is 313 cm³/mol. The van der Waals surface area contributed by atoms with Crippen LogP contribution in [-0.2, 0) is 14.9 Å². The molecule has 31 aromatic rings.